The van der Waals surface area contributed by atoms with Crippen molar-refractivity contribution in [2.45, 2.75) is 13.3 Å². The van der Waals surface area contributed by atoms with E-state index < -0.39 is 0 Å². The number of hydrogen-bond donors (Lipinski definition) is 1. The van der Waals surface area contributed by atoms with Crippen LogP contribution in [0.1, 0.15) is 13.3 Å². The van der Waals surface area contributed by atoms with Gasteiger partial charge in [0.25, 0.3) is 0 Å². The standard InChI is InChI=1S/C9H15NO2/c1-4-6-7-10-8(5-2)9(11)12-3/h4-5,10H,1,6-7H2,2-3H3. The van der Waals surface area contributed by atoms with Crippen molar-refractivity contribution in [2.75, 3.05) is 13.7 Å². The first-order valence-corrected chi connectivity index (χ1v) is 3.85. The lowest BCUT2D eigenvalue weighted by molar-refractivity contribution is -0.136. The average Bonchev–Trinajstić information content (AvgIpc) is 2.11. The molecular formula is C9H15NO2. The maximum absolute atomic E-state index is 11.0. The maximum Gasteiger partial charge on any atom is 0.353 e. The second-order valence-electron chi connectivity index (χ2n) is 2.20. The molecule has 0 aromatic carbocycles. The average molecular weight is 169 g/mol. The van der Waals surface area contributed by atoms with Crippen LogP contribution < -0.4 is 5.32 Å². The maximum atomic E-state index is 11.0. The number of hydrogen-bond acceptors (Lipinski definition) is 3. The van der Waals surface area contributed by atoms with Crippen LogP contribution in [0.2, 0.25) is 0 Å². The number of carbonyl (C=O) groups is 1. The van der Waals surface area contributed by atoms with Crippen molar-refractivity contribution in [3.8, 4) is 0 Å². The van der Waals surface area contributed by atoms with Crippen molar-refractivity contribution in [1.82, 2.24) is 5.32 Å². The van der Waals surface area contributed by atoms with Crippen molar-refractivity contribution in [1.29, 1.82) is 0 Å². The summed E-state index contributed by atoms with van der Waals surface area (Å²) in [6.07, 6.45) is 4.31. The van der Waals surface area contributed by atoms with E-state index in [1.807, 2.05) is 0 Å². The fourth-order valence-electron chi connectivity index (χ4n) is 0.711. The highest BCUT2D eigenvalue weighted by Gasteiger charge is 2.05. The quantitative estimate of drug-likeness (QED) is 0.291. The van der Waals surface area contributed by atoms with Gasteiger partial charge in [-0.3, -0.25) is 0 Å². The second-order valence-corrected chi connectivity index (χ2v) is 2.20. The number of nitrogens with one attached hydrogen (secondary N) is 1. The molecule has 0 aromatic heterocycles. The van der Waals surface area contributed by atoms with Gasteiger partial charge in [0.2, 0.25) is 0 Å². The summed E-state index contributed by atoms with van der Waals surface area (Å²) in [5.74, 6) is -0.332. The number of carbonyl (C=O) groups excluding carboxylic acids is 1. The van der Waals surface area contributed by atoms with E-state index in [9.17, 15) is 4.79 Å². The van der Waals surface area contributed by atoms with Crippen LogP contribution in [0.5, 0.6) is 0 Å². The fourth-order valence-corrected chi connectivity index (χ4v) is 0.711. The van der Waals surface area contributed by atoms with E-state index >= 15 is 0 Å². The molecule has 3 heteroatoms. The van der Waals surface area contributed by atoms with Gasteiger partial charge in [0.1, 0.15) is 5.70 Å². The van der Waals surface area contributed by atoms with Gasteiger partial charge < -0.3 is 10.1 Å². The van der Waals surface area contributed by atoms with Crippen LogP contribution in [0.25, 0.3) is 0 Å². The van der Waals surface area contributed by atoms with E-state index in [-0.39, 0.29) is 5.97 Å². The number of ether oxygens (including phenoxy) is 1. The molecule has 0 aliphatic heterocycles. The smallest absolute Gasteiger partial charge is 0.353 e. The lowest BCUT2D eigenvalue weighted by atomic mass is 10.3. The Kier molecular flexibility index (Phi) is 5.79. The molecule has 0 saturated carbocycles. The van der Waals surface area contributed by atoms with Gasteiger partial charge in [0.05, 0.1) is 7.11 Å². The van der Waals surface area contributed by atoms with Crippen molar-refractivity contribution >= 4 is 5.97 Å². The third kappa shape index (κ3) is 3.81. The molecule has 0 spiro atoms. The minimum atomic E-state index is -0.332. The first kappa shape index (κ1) is 10.8. The molecule has 0 rings (SSSR count). The Hall–Kier alpha value is -1.25. The monoisotopic (exact) mass is 169 g/mol. The van der Waals surface area contributed by atoms with Crippen LogP contribution in [-0.4, -0.2) is 19.6 Å². The molecule has 0 aromatic rings. The summed E-state index contributed by atoms with van der Waals surface area (Å²) in [5, 5.41) is 2.94. The third-order valence-electron chi connectivity index (χ3n) is 1.36. The van der Waals surface area contributed by atoms with E-state index in [0.717, 1.165) is 6.42 Å². The van der Waals surface area contributed by atoms with Gasteiger partial charge in [-0.1, -0.05) is 12.2 Å². The predicted octanol–water partition coefficient (Wildman–Crippen LogP) is 1.23. The molecule has 0 aliphatic carbocycles. The van der Waals surface area contributed by atoms with Gasteiger partial charge in [-0.15, -0.1) is 6.58 Å². The lowest BCUT2D eigenvalue weighted by Gasteiger charge is -2.06. The van der Waals surface area contributed by atoms with Crippen LogP contribution in [-0.2, 0) is 9.53 Å². The van der Waals surface area contributed by atoms with Gasteiger partial charge in [-0.05, 0) is 13.3 Å². The van der Waals surface area contributed by atoms with Crippen LogP contribution in [0.4, 0.5) is 0 Å². The molecule has 0 bridgehead atoms. The Morgan fingerprint density at radius 2 is 2.33 bits per heavy atom. The third-order valence-corrected chi connectivity index (χ3v) is 1.36. The molecule has 68 valence electrons. The zero-order valence-corrected chi connectivity index (χ0v) is 7.59. The minimum Gasteiger partial charge on any atom is -0.464 e. The summed E-state index contributed by atoms with van der Waals surface area (Å²) in [6, 6.07) is 0. The summed E-state index contributed by atoms with van der Waals surface area (Å²) in [5.41, 5.74) is 0.499. The largest absolute Gasteiger partial charge is 0.464 e. The predicted molar refractivity (Wildman–Crippen MR) is 48.6 cm³/mol. The number of methoxy groups -OCH3 is 1. The first-order valence-electron chi connectivity index (χ1n) is 3.85. The number of rotatable bonds is 5. The van der Waals surface area contributed by atoms with Crippen molar-refractivity contribution in [2.24, 2.45) is 0 Å². The van der Waals surface area contributed by atoms with E-state index in [1.165, 1.54) is 7.11 Å². The van der Waals surface area contributed by atoms with Crippen LogP contribution in [0.15, 0.2) is 24.4 Å². The Morgan fingerprint density at radius 1 is 1.67 bits per heavy atom. The summed E-state index contributed by atoms with van der Waals surface area (Å²) < 4.78 is 4.54. The molecule has 0 amide bonds. The molecular weight excluding hydrogens is 154 g/mol. The zero-order chi connectivity index (χ0) is 9.40. The van der Waals surface area contributed by atoms with Gasteiger partial charge in [-0.25, -0.2) is 4.79 Å². The van der Waals surface area contributed by atoms with Crippen molar-refractivity contribution in [3.63, 3.8) is 0 Å². The fraction of sp³-hybridized carbons (Fsp3) is 0.444. The molecule has 1 N–H and O–H groups in total. The Bertz CT molecular complexity index is 185. The van der Waals surface area contributed by atoms with E-state index in [1.54, 1.807) is 19.1 Å². The number of allylic oxidation sites excluding steroid dienone is 1. The molecule has 0 atom stereocenters. The first-order chi connectivity index (χ1) is 5.76. The molecule has 0 saturated heterocycles. The van der Waals surface area contributed by atoms with Crippen LogP contribution in [0.3, 0.4) is 0 Å². The Morgan fingerprint density at radius 3 is 2.75 bits per heavy atom. The van der Waals surface area contributed by atoms with Crippen LogP contribution in [0, 0.1) is 0 Å². The molecule has 0 aliphatic rings. The SMILES string of the molecule is C=CCCNC(=CC)C(=O)OC. The molecule has 0 fully saturated rings. The highest BCUT2D eigenvalue weighted by atomic mass is 16.5. The highest BCUT2D eigenvalue weighted by molar-refractivity contribution is 5.87. The minimum absolute atomic E-state index is 0.332. The Labute approximate surface area is 73.1 Å². The molecule has 12 heavy (non-hydrogen) atoms. The van der Waals surface area contributed by atoms with E-state index in [0.29, 0.717) is 12.2 Å². The zero-order valence-electron chi connectivity index (χ0n) is 7.59. The lowest BCUT2D eigenvalue weighted by Crippen LogP contribution is -2.22. The van der Waals surface area contributed by atoms with Crippen molar-refractivity contribution < 1.29 is 9.53 Å². The van der Waals surface area contributed by atoms with Crippen molar-refractivity contribution in [3.05, 3.63) is 24.4 Å². The summed E-state index contributed by atoms with van der Waals surface area (Å²) in [7, 11) is 1.36. The van der Waals surface area contributed by atoms with Gasteiger partial charge in [-0.2, -0.15) is 0 Å². The Balaban J connectivity index is 3.85. The molecule has 0 unspecified atom stereocenters. The number of esters is 1. The summed E-state index contributed by atoms with van der Waals surface area (Å²) >= 11 is 0. The van der Waals surface area contributed by atoms with E-state index in [4.69, 9.17) is 0 Å². The second kappa shape index (κ2) is 6.46. The molecule has 3 nitrogen and oxygen atoms in total. The van der Waals surface area contributed by atoms with Gasteiger partial charge >= 0.3 is 5.97 Å². The highest BCUT2D eigenvalue weighted by Crippen LogP contribution is 1.92. The normalized spacial score (nSPS) is 10.7. The molecule has 0 radical (unpaired) electrons. The van der Waals surface area contributed by atoms with Gasteiger partial charge in [0.15, 0.2) is 0 Å². The topological polar surface area (TPSA) is 38.3 Å². The summed E-state index contributed by atoms with van der Waals surface area (Å²) in [4.78, 5) is 11.0. The van der Waals surface area contributed by atoms with E-state index in [2.05, 4.69) is 16.6 Å². The van der Waals surface area contributed by atoms with Gasteiger partial charge in [0, 0.05) is 6.54 Å². The molecule has 0 heterocycles. The van der Waals surface area contributed by atoms with Crippen LogP contribution >= 0.6 is 0 Å². The summed E-state index contributed by atoms with van der Waals surface area (Å²) in [6.45, 7) is 6.06.